The molecule has 0 aromatic rings. The molecule has 4 aliphatic rings. The summed E-state index contributed by atoms with van der Waals surface area (Å²) in [6.45, 7) is -6.06. The topological polar surface area (TPSA) is 321 Å². The molecule has 3 heterocycles. The van der Waals surface area contributed by atoms with Crippen LogP contribution in [0.5, 0.6) is 0 Å². The molecule has 19 heteroatoms. The van der Waals surface area contributed by atoms with E-state index < -0.39 is 136 Å². The van der Waals surface area contributed by atoms with E-state index in [1.165, 1.54) is 13.0 Å². The Bertz CT molecular complexity index is 1120. The highest BCUT2D eigenvalue weighted by molar-refractivity contribution is 5.22. The molecule has 4 rings (SSSR count). The Labute approximate surface area is 256 Å². The SMILES string of the molecule is [2H]C([2H])(O)C1O[C@@H](O)[C@H](O)[C@@H](O)[C@@H]1O[C@H]1OC(C([2H])([2H])O)[C@@H](O[C@H]2O[C@H](C)[C@@H](N[C@@H]3C=C(CO)[C@@H](O)[C@@H](O)[C@@H]3O)[C@H](O)[C@H]2O)[C@H](O)[C@H]1O. The molecule has 44 heavy (non-hydrogen) atoms. The third-order valence-corrected chi connectivity index (χ3v) is 8.18. The maximum Gasteiger partial charge on any atom is 0.187 e. The minimum atomic E-state index is -3.43. The van der Waals surface area contributed by atoms with E-state index in [-0.39, 0.29) is 5.57 Å². The van der Waals surface area contributed by atoms with Crippen LogP contribution in [-0.4, -0.2) is 203 Å². The number of nitrogens with one attached hydrogen (secondary N) is 1. The van der Waals surface area contributed by atoms with E-state index >= 15 is 0 Å². The summed E-state index contributed by atoms with van der Waals surface area (Å²) in [5.41, 5.74) is -0.0349. The number of rotatable bonds is 9. The standard InChI is InChI=1S/C25H43NO18/c1-6-11(26-8-2-7(3-27)12(30)15(33)13(8)31)14(32)19(37)24(40-6)43-22-10(5-29)42-25(20(38)17(22)35)44-21-9(4-28)41-23(39)18(36)16(21)34/h2,6,8-39H,3-5H2,1H3/t6-,8-,9?,10?,11-,12-,13-,14+,15-,16-,17-,18-,19-,20-,21-,22-,23-,24-,25-/m1/s1/i4D2,5D2. The Kier molecular flexibility index (Phi) is 10.2. The Hall–Kier alpha value is -1.02. The minimum absolute atomic E-state index is 0.0349. The first-order chi connectivity index (χ1) is 22.1. The summed E-state index contributed by atoms with van der Waals surface area (Å²) in [4.78, 5) is 0. The fourth-order valence-corrected chi connectivity index (χ4v) is 5.56. The number of aliphatic hydroxyl groups is 13. The summed E-state index contributed by atoms with van der Waals surface area (Å²) in [6.07, 6.45) is -32.6. The van der Waals surface area contributed by atoms with Crippen molar-refractivity contribution < 1.29 is 95.6 Å². The fraction of sp³-hybridized carbons (Fsp3) is 0.920. The van der Waals surface area contributed by atoms with Gasteiger partial charge in [-0.3, -0.25) is 0 Å². The van der Waals surface area contributed by atoms with Gasteiger partial charge in [-0.15, -0.1) is 0 Å². The molecule has 3 saturated heterocycles. The van der Waals surface area contributed by atoms with E-state index in [9.17, 15) is 66.4 Å². The maximum absolute atomic E-state index is 11.0. The highest BCUT2D eigenvalue weighted by Gasteiger charge is 2.53. The smallest absolute Gasteiger partial charge is 0.187 e. The summed E-state index contributed by atoms with van der Waals surface area (Å²) in [6, 6.07) is -2.38. The lowest BCUT2D eigenvalue weighted by Crippen LogP contribution is -2.68. The molecule has 0 aromatic heterocycles. The molecular weight excluding hydrogens is 602 g/mol. The molecule has 0 saturated carbocycles. The van der Waals surface area contributed by atoms with Crippen molar-refractivity contribution in [3.8, 4) is 0 Å². The second kappa shape index (κ2) is 14.8. The van der Waals surface area contributed by atoms with E-state index in [2.05, 4.69) is 5.32 Å². The first-order valence-corrected chi connectivity index (χ1v) is 13.7. The Balaban J connectivity index is 1.50. The van der Waals surface area contributed by atoms with Crippen LogP contribution < -0.4 is 5.32 Å². The molecule has 0 radical (unpaired) electrons. The van der Waals surface area contributed by atoms with Crippen LogP contribution in [0.1, 0.15) is 12.4 Å². The van der Waals surface area contributed by atoms with Crippen LogP contribution in [0.15, 0.2) is 11.6 Å². The third-order valence-electron chi connectivity index (χ3n) is 8.18. The van der Waals surface area contributed by atoms with Crippen molar-refractivity contribution in [2.45, 2.75) is 123 Å². The Morgan fingerprint density at radius 1 is 0.682 bits per heavy atom. The molecule has 19 atom stereocenters. The number of ether oxygens (including phenoxy) is 5. The second-order valence-corrected chi connectivity index (χ2v) is 11.0. The molecule has 19 nitrogen and oxygen atoms in total. The van der Waals surface area contributed by atoms with Gasteiger partial charge in [0.2, 0.25) is 0 Å². The van der Waals surface area contributed by atoms with Crippen molar-refractivity contribution in [2.24, 2.45) is 0 Å². The quantitative estimate of drug-likeness (QED) is 0.103. The van der Waals surface area contributed by atoms with Gasteiger partial charge >= 0.3 is 0 Å². The zero-order valence-corrected chi connectivity index (χ0v) is 23.1. The van der Waals surface area contributed by atoms with E-state index in [1.54, 1.807) is 0 Å². The molecule has 256 valence electrons. The van der Waals surface area contributed by atoms with Crippen molar-refractivity contribution in [2.75, 3.05) is 19.7 Å². The highest BCUT2D eigenvalue weighted by atomic mass is 16.7. The fourth-order valence-electron chi connectivity index (χ4n) is 5.56. The van der Waals surface area contributed by atoms with Crippen LogP contribution in [-0.2, 0) is 23.7 Å². The monoisotopic (exact) mass is 649 g/mol. The molecule has 0 spiro atoms. The average Bonchev–Trinajstić information content (AvgIpc) is 2.99. The van der Waals surface area contributed by atoms with E-state index in [4.69, 9.17) is 29.2 Å². The molecule has 1 aliphatic carbocycles. The predicted octanol–water partition coefficient (Wildman–Crippen LogP) is -8.56. The van der Waals surface area contributed by atoms with E-state index in [1.807, 2.05) is 0 Å². The van der Waals surface area contributed by atoms with Crippen molar-refractivity contribution in [3.63, 3.8) is 0 Å². The van der Waals surface area contributed by atoms with Gasteiger partial charge < -0.3 is 95.4 Å². The predicted molar refractivity (Wildman–Crippen MR) is 138 cm³/mol. The molecular formula is C25H43NO18. The third kappa shape index (κ3) is 6.96. The van der Waals surface area contributed by atoms with Crippen LogP contribution >= 0.6 is 0 Å². The molecule has 0 amide bonds. The first-order valence-electron chi connectivity index (χ1n) is 15.7. The van der Waals surface area contributed by atoms with Crippen molar-refractivity contribution in [1.82, 2.24) is 5.32 Å². The first kappa shape index (κ1) is 30.3. The van der Waals surface area contributed by atoms with Crippen LogP contribution in [0.3, 0.4) is 0 Å². The van der Waals surface area contributed by atoms with Crippen LogP contribution in [0.25, 0.3) is 0 Å². The summed E-state index contributed by atoms with van der Waals surface area (Å²) >= 11 is 0. The number of aliphatic hydroxyl groups excluding tert-OH is 11. The van der Waals surface area contributed by atoms with Crippen molar-refractivity contribution in [1.29, 1.82) is 0 Å². The molecule has 2 unspecified atom stereocenters. The number of hydrogen-bond acceptors (Lipinski definition) is 19. The lowest BCUT2D eigenvalue weighted by Gasteiger charge is -2.48. The lowest BCUT2D eigenvalue weighted by atomic mass is 9.86. The molecule has 14 N–H and O–H groups in total. The summed E-state index contributed by atoms with van der Waals surface area (Å²) in [7, 11) is 0. The molecule has 3 aliphatic heterocycles. The van der Waals surface area contributed by atoms with Gasteiger partial charge in [0.05, 0.1) is 43.4 Å². The maximum atomic E-state index is 11.0. The minimum Gasteiger partial charge on any atom is -0.394 e. The summed E-state index contributed by atoms with van der Waals surface area (Å²) in [5, 5.41) is 137. The largest absolute Gasteiger partial charge is 0.394 e. The summed E-state index contributed by atoms with van der Waals surface area (Å²) < 4.78 is 57.3. The van der Waals surface area contributed by atoms with Crippen molar-refractivity contribution >= 4 is 0 Å². The molecule has 0 aromatic carbocycles. The van der Waals surface area contributed by atoms with Gasteiger partial charge in [-0.1, -0.05) is 6.08 Å². The van der Waals surface area contributed by atoms with Crippen LogP contribution in [0.2, 0.25) is 0 Å². The number of hydrogen-bond donors (Lipinski definition) is 14. The van der Waals surface area contributed by atoms with Gasteiger partial charge in [-0.25, -0.2) is 0 Å². The van der Waals surface area contributed by atoms with E-state index in [0.29, 0.717) is 0 Å². The van der Waals surface area contributed by atoms with Gasteiger partial charge in [0, 0.05) is 0 Å². The van der Waals surface area contributed by atoms with Gasteiger partial charge in [-0.05, 0) is 12.5 Å². The van der Waals surface area contributed by atoms with Gasteiger partial charge in [-0.2, -0.15) is 0 Å². The highest BCUT2D eigenvalue weighted by Crippen LogP contribution is 2.32. The lowest BCUT2D eigenvalue weighted by molar-refractivity contribution is -0.373. The molecule has 3 fully saturated rings. The molecule has 0 bridgehead atoms. The normalized spacial score (nSPS) is 54.0. The second-order valence-electron chi connectivity index (χ2n) is 11.0. The zero-order valence-electron chi connectivity index (χ0n) is 27.1. The van der Waals surface area contributed by atoms with Crippen molar-refractivity contribution in [3.05, 3.63) is 11.6 Å². The zero-order chi connectivity index (χ0) is 36.2. The van der Waals surface area contributed by atoms with E-state index in [0.717, 1.165) is 0 Å². The Morgan fingerprint density at radius 3 is 1.77 bits per heavy atom. The van der Waals surface area contributed by atoms with Gasteiger partial charge in [0.25, 0.3) is 0 Å². The Morgan fingerprint density at radius 2 is 1.20 bits per heavy atom. The van der Waals surface area contributed by atoms with Crippen LogP contribution in [0.4, 0.5) is 0 Å². The summed E-state index contributed by atoms with van der Waals surface area (Å²) in [5.74, 6) is 0. The van der Waals surface area contributed by atoms with Crippen LogP contribution in [0, 0.1) is 0 Å². The van der Waals surface area contributed by atoms with Gasteiger partial charge in [0.15, 0.2) is 18.9 Å². The van der Waals surface area contributed by atoms with Gasteiger partial charge in [0.1, 0.15) is 79.4 Å². The average molecular weight is 650 g/mol.